The molecule has 2 aromatic heterocycles. The lowest BCUT2D eigenvalue weighted by Crippen LogP contribution is -1.85. The maximum atomic E-state index is 10.2. The van der Waals surface area contributed by atoms with Gasteiger partial charge >= 0.3 is 5.97 Å². The summed E-state index contributed by atoms with van der Waals surface area (Å²) >= 11 is 0. The van der Waals surface area contributed by atoms with Gasteiger partial charge in [-0.1, -0.05) is 0 Å². The average molecular weight is 206 g/mol. The smallest absolute Gasteiger partial charge is 0.328 e. The van der Waals surface area contributed by atoms with Crippen LogP contribution in [0.2, 0.25) is 0 Å². The van der Waals surface area contributed by atoms with Crippen LogP contribution in [-0.4, -0.2) is 31.5 Å². The molecule has 15 heavy (non-hydrogen) atoms. The van der Waals surface area contributed by atoms with Crippen LogP contribution in [0, 0.1) is 0 Å². The fourth-order valence-corrected chi connectivity index (χ4v) is 0.929. The average Bonchev–Trinajstić information content (AvgIpc) is 2.85. The second-order valence-corrected chi connectivity index (χ2v) is 2.60. The van der Waals surface area contributed by atoms with Crippen LogP contribution in [0.1, 0.15) is 5.89 Å². The van der Waals surface area contributed by atoms with E-state index in [4.69, 9.17) is 9.52 Å². The third-order valence-electron chi connectivity index (χ3n) is 1.55. The first kappa shape index (κ1) is 9.13. The summed E-state index contributed by atoms with van der Waals surface area (Å²) in [4.78, 5) is 10.2. The molecular weight excluding hydrogens is 200 g/mol. The Morgan fingerprint density at radius 2 is 2.40 bits per heavy atom. The van der Waals surface area contributed by atoms with Crippen molar-refractivity contribution >= 4 is 12.0 Å². The summed E-state index contributed by atoms with van der Waals surface area (Å²) < 4.78 is 5.15. The van der Waals surface area contributed by atoms with E-state index in [-0.39, 0.29) is 11.8 Å². The van der Waals surface area contributed by atoms with Crippen molar-refractivity contribution in [1.82, 2.24) is 20.4 Å². The first-order valence-corrected chi connectivity index (χ1v) is 3.99. The van der Waals surface area contributed by atoms with Gasteiger partial charge in [0.15, 0.2) is 0 Å². The maximum Gasteiger partial charge on any atom is 0.328 e. The largest absolute Gasteiger partial charge is 0.478 e. The maximum absolute atomic E-state index is 10.2. The molecule has 0 fully saturated rings. The molecule has 7 heteroatoms. The lowest BCUT2D eigenvalue weighted by atomic mass is 10.4. The number of H-pyrrole nitrogens is 1. The number of nitrogens with zero attached hydrogens (tertiary/aromatic N) is 3. The van der Waals surface area contributed by atoms with E-state index in [9.17, 15) is 4.79 Å². The fourth-order valence-electron chi connectivity index (χ4n) is 0.929. The van der Waals surface area contributed by atoms with E-state index >= 15 is 0 Å². The zero-order chi connectivity index (χ0) is 10.7. The van der Waals surface area contributed by atoms with Gasteiger partial charge in [-0.2, -0.15) is 5.10 Å². The number of nitrogens with one attached hydrogen (secondary N) is 1. The summed E-state index contributed by atoms with van der Waals surface area (Å²) in [5.41, 5.74) is 0.650. The molecule has 2 rings (SSSR count). The first-order chi connectivity index (χ1) is 7.25. The van der Waals surface area contributed by atoms with E-state index in [1.54, 1.807) is 6.20 Å². The molecular formula is C8H6N4O3. The number of aromatic nitrogens is 4. The molecule has 7 nitrogen and oxygen atoms in total. The van der Waals surface area contributed by atoms with Crippen LogP contribution >= 0.6 is 0 Å². The summed E-state index contributed by atoms with van der Waals surface area (Å²) in [6, 6.07) is 0. The van der Waals surface area contributed by atoms with Gasteiger partial charge in [0.1, 0.15) is 0 Å². The molecule has 0 radical (unpaired) electrons. The van der Waals surface area contributed by atoms with E-state index in [0.29, 0.717) is 5.56 Å². The minimum Gasteiger partial charge on any atom is -0.478 e. The topological polar surface area (TPSA) is 105 Å². The molecule has 2 heterocycles. The molecule has 0 aromatic carbocycles. The molecule has 0 amide bonds. The van der Waals surface area contributed by atoms with Gasteiger partial charge in [0.2, 0.25) is 5.89 Å². The van der Waals surface area contributed by atoms with Crippen molar-refractivity contribution in [2.45, 2.75) is 0 Å². The van der Waals surface area contributed by atoms with Gasteiger partial charge in [-0.05, 0) is 0 Å². The molecule has 0 atom stereocenters. The molecule has 2 N–H and O–H groups in total. The Hall–Kier alpha value is -2.44. The summed E-state index contributed by atoms with van der Waals surface area (Å²) in [6.45, 7) is 0. The zero-order valence-corrected chi connectivity index (χ0v) is 7.41. The summed E-state index contributed by atoms with van der Waals surface area (Å²) in [7, 11) is 0. The van der Waals surface area contributed by atoms with Gasteiger partial charge in [0, 0.05) is 18.3 Å². The molecule has 0 aliphatic heterocycles. The SMILES string of the molecule is O=C(O)/C=C/c1nnc(-c2cn[nH]c2)o1. The minimum atomic E-state index is -1.07. The van der Waals surface area contributed by atoms with E-state index in [1.807, 2.05) is 0 Å². The standard InChI is InChI=1S/C8H6N4O3/c13-7(14)2-1-6-11-12-8(15-6)5-3-9-10-4-5/h1-4H,(H,9,10)(H,13,14)/b2-1+. The number of hydrogen-bond donors (Lipinski definition) is 2. The van der Waals surface area contributed by atoms with Crippen molar-refractivity contribution in [2.75, 3.05) is 0 Å². The number of carboxylic acids is 1. The predicted molar refractivity (Wildman–Crippen MR) is 48.5 cm³/mol. The number of carboxylic acid groups (broad SMARTS) is 1. The van der Waals surface area contributed by atoms with E-state index in [0.717, 1.165) is 6.08 Å². The van der Waals surface area contributed by atoms with Crippen molar-refractivity contribution < 1.29 is 14.3 Å². The number of carbonyl (C=O) groups is 1. The second-order valence-electron chi connectivity index (χ2n) is 2.60. The number of aromatic amines is 1. The van der Waals surface area contributed by atoms with Gasteiger partial charge in [0.05, 0.1) is 11.8 Å². The highest BCUT2D eigenvalue weighted by molar-refractivity contribution is 5.84. The van der Waals surface area contributed by atoms with E-state index in [1.165, 1.54) is 12.3 Å². The van der Waals surface area contributed by atoms with Crippen LogP contribution in [0.3, 0.4) is 0 Å². The van der Waals surface area contributed by atoms with Crippen LogP contribution in [0.15, 0.2) is 22.9 Å². The Morgan fingerprint density at radius 1 is 1.53 bits per heavy atom. The third-order valence-corrected chi connectivity index (χ3v) is 1.55. The van der Waals surface area contributed by atoms with Crippen LogP contribution in [-0.2, 0) is 4.79 Å². The Balaban J connectivity index is 2.21. The van der Waals surface area contributed by atoms with Crippen LogP contribution in [0.4, 0.5) is 0 Å². The summed E-state index contributed by atoms with van der Waals surface area (Å²) in [5, 5.41) is 22.0. The molecule has 76 valence electrons. The van der Waals surface area contributed by atoms with E-state index in [2.05, 4.69) is 20.4 Å². The molecule has 0 unspecified atom stereocenters. The van der Waals surface area contributed by atoms with Gasteiger partial charge in [0.25, 0.3) is 5.89 Å². The Morgan fingerprint density at radius 3 is 3.07 bits per heavy atom. The highest BCUT2D eigenvalue weighted by atomic mass is 16.4. The van der Waals surface area contributed by atoms with Crippen LogP contribution in [0.5, 0.6) is 0 Å². The minimum absolute atomic E-state index is 0.133. The molecule has 0 bridgehead atoms. The van der Waals surface area contributed by atoms with Crippen molar-refractivity contribution in [2.24, 2.45) is 0 Å². The highest BCUT2D eigenvalue weighted by Crippen LogP contribution is 2.15. The van der Waals surface area contributed by atoms with Crippen LogP contribution < -0.4 is 0 Å². The van der Waals surface area contributed by atoms with Gasteiger partial charge in [-0.3, -0.25) is 5.10 Å². The van der Waals surface area contributed by atoms with Crippen LogP contribution in [0.25, 0.3) is 17.5 Å². The van der Waals surface area contributed by atoms with Gasteiger partial charge in [-0.15, -0.1) is 10.2 Å². The molecule has 0 spiro atoms. The molecule has 0 saturated heterocycles. The predicted octanol–water partition coefficient (Wildman–Crippen LogP) is 0.557. The number of hydrogen-bond acceptors (Lipinski definition) is 5. The summed E-state index contributed by atoms with van der Waals surface area (Å²) in [5.74, 6) is -0.652. The number of rotatable bonds is 3. The highest BCUT2D eigenvalue weighted by Gasteiger charge is 2.07. The number of aliphatic carboxylic acids is 1. The first-order valence-electron chi connectivity index (χ1n) is 3.99. The molecule has 0 aliphatic carbocycles. The Kier molecular flexibility index (Phi) is 2.28. The molecule has 0 saturated carbocycles. The third kappa shape index (κ3) is 2.08. The fraction of sp³-hybridized carbons (Fsp3) is 0. The zero-order valence-electron chi connectivity index (χ0n) is 7.41. The van der Waals surface area contributed by atoms with Gasteiger partial charge in [-0.25, -0.2) is 4.79 Å². The van der Waals surface area contributed by atoms with Crippen molar-refractivity contribution in [1.29, 1.82) is 0 Å². The Labute approximate surface area is 83.4 Å². The second kappa shape index (κ2) is 3.74. The normalized spacial score (nSPS) is 10.9. The van der Waals surface area contributed by atoms with Gasteiger partial charge < -0.3 is 9.52 Å². The monoisotopic (exact) mass is 206 g/mol. The molecule has 2 aromatic rings. The summed E-state index contributed by atoms with van der Waals surface area (Å²) in [6.07, 6.45) is 5.27. The van der Waals surface area contributed by atoms with Crippen molar-refractivity contribution in [3.63, 3.8) is 0 Å². The lowest BCUT2D eigenvalue weighted by molar-refractivity contribution is -0.131. The quantitative estimate of drug-likeness (QED) is 0.710. The van der Waals surface area contributed by atoms with Crippen molar-refractivity contribution in [3.05, 3.63) is 24.4 Å². The Bertz CT molecular complexity index is 486. The lowest BCUT2D eigenvalue weighted by Gasteiger charge is -1.83. The molecule has 0 aliphatic rings. The van der Waals surface area contributed by atoms with Crippen molar-refractivity contribution in [3.8, 4) is 11.5 Å². The van der Waals surface area contributed by atoms with E-state index < -0.39 is 5.97 Å².